The third-order valence-corrected chi connectivity index (χ3v) is 6.36. The van der Waals surface area contributed by atoms with Crippen molar-refractivity contribution in [2.45, 2.75) is 50.1 Å². The van der Waals surface area contributed by atoms with Crippen LogP contribution in [-0.2, 0) is 10.0 Å². The summed E-state index contributed by atoms with van der Waals surface area (Å²) in [5.74, 6) is 0. The lowest BCUT2D eigenvalue weighted by molar-refractivity contribution is 0.0790. The minimum atomic E-state index is -3.81. The van der Waals surface area contributed by atoms with E-state index in [2.05, 4.69) is 20.8 Å². The molecule has 0 radical (unpaired) electrons. The maximum atomic E-state index is 12.6. The van der Waals surface area contributed by atoms with Crippen molar-refractivity contribution in [3.8, 4) is 0 Å². The van der Waals surface area contributed by atoms with E-state index in [1.54, 1.807) is 5.01 Å². The van der Waals surface area contributed by atoms with Crippen molar-refractivity contribution in [2.24, 2.45) is 0 Å². The summed E-state index contributed by atoms with van der Waals surface area (Å²) in [6.45, 7) is 4.01. The number of nitrogens with one attached hydrogen (secondary N) is 1. The molecule has 0 aliphatic carbocycles. The van der Waals surface area contributed by atoms with Gasteiger partial charge in [0.1, 0.15) is 4.90 Å². The highest BCUT2D eigenvalue weighted by atomic mass is 79.9. The zero-order valence-electron chi connectivity index (χ0n) is 11.7. The largest absolute Gasteiger partial charge is 0.256 e. The smallest absolute Gasteiger partial charge is 0.225 e. The molecule has 2 atom stereocenters. The molecular weight excluding hydrogens is 399 g/mol. The Morgan fingerprint density at radius 1 is 1.19 bits per heavy atom. The lowest BCUT2D eigenvalue weighted by atomic mass is 10.0. The Morgan fingerprint density at radius 3 is 2.14 bits per heavy atom. The van der Waals surface area contributed by atoms with Crippen molar-refractivity contribution >= 4 is 49.2 Å². The molecule has 1 aliphatic rings. The van der Waals surface area contributed by atoms with Gasteiger partial charge in [-0.05, 0) is 38.8 Å². The van der Waals surface area contributed by atoms with Crippen molar-refractivity contribution < 1.29 is 8.42 Å². The Hall–Kier alpha value is 0.150. The third kappa shape index (κ3) is 3.92. The van der Waals surface area contributed by atoms with Gasteiger partial charge in [0.25, 0.3) is 10.0 Å². The van der Waals surface area contributed by atoms with E-state index >= 15 is 0 Å². The molecule has 21 heavy (non-hydrogen) atoms. The lowest BCUT2D eigenvalue weighted by Gasteiger charge is -2.38. The molecule has 2 unspecified atom stereocenters. The third-order valence-electron chi connectivity index (χ3n) is 3.65. The van der Waals surface area contributed by atoms with E-state index in [1.807, 2.05) is 13.8 Å². The van der Waals surface area contributed by atoms with E-state index in [-0.39, 0.29) is 27.0 Å². The molecule has 118 valence electrons. The first-order chi connectivity index (χ1) is 9.72. The minimum Gasteiger partial charge on any atom is -0.225 e. The van der Waals surface area contributed by atoms with Gasteiger partial charge in [0, 0.05) is 16.6 Å². The van der Waals surface area contributed by atoms with Gasteiger partial charge in [0.15, 0.2) is 0 Å². The monoisotopic (exact) mass is 414 g/mol. The summed E-state index contributed by atoms with van der Waals surface area (Å²) in [4.78, 5) is 2.55. The molecule has 1 aromatic carbocycles. The van der Waals surface area contributed by atoms with E-state index in [9.17, 15) is 8.42 Å². The number of hydrogen-bond acceptors (Lipinski definition) is 3. The summed E-state index contributed by atoms with van der Waals surface area (Å²) < 4.78 is 25.9. The molecule has 2 rings (SSSR count). The molecule has 0 bridgehead atoms. The molecule has 1 aromatic rings. The Kier molecular flexibility index (Phi) is 5.60. The van der Waals surface area contributed by atoms with Gasteiger partial charge < -0.3 is 0 Å². The highest BCUT2D eigenvalue weighted by molar-refractivity contribution is 9.10. The van der Waals surface area contributed by atoms with Gasteiger partial charge in [-0.2, -0.15) is 0 Å². The van der Waals surface area contributed by atoms with Gasteiger partial charge in [-0.3, -0.25) is 0 Å². The predicted octanol–water partition coefficient (Wildman–Crippen LogP) is 4.21. The number of benzene rings is 1. The number of piperidine rings is 1. The first kappa shape index (κ1) is 17.5. The van der Waals surface area contributed by atoms with E-state index in [0.717, 1.165) is 19.3 Å². The second kappa shape index (κ2) is 6.72. The van der Waals surface area contributed by atoms with Crippen LogP contribution in [0.5, 0.6) is 0 Å². The maximum Gasteiger partial charge on any atom is 0.256 e. The molecule has 1 N–H and O–H groups in total. The van der Waals surface area contributed by atoms with Gasteiger partial charge in [-0.1, -0.05) is 45.6 Å². The van der Waals surface area contributed by atoms with Crippen LogP contribution in [0, 0.1) is 0 Å². The number of hydrazine groups is 1. The zero-order chi connectivity index (χ0) is 15.8. The quantitative estimate of drug-likeness (QED) is 0.804. The van der Waals surface area contributed by atoms with Crippen molar-refractivity contribution in [3.63, 3.8) is 0 Å². The van der Waals surface area contributed by atoms with Gasteiger partial charge in [0.05, 0.1) is 10.0 Å². The number of rotatable bonds is 3. The molecule has 1 heterocycles. The van der Waals surface area contributed by atoms with Gasteiger partial charge in [-0.15, -0.1) is 4.83 Å². The number of halogens is 3. The fraction of sp³-hybridized carbons (Fsp3) is 0.538. The van der Waals surface area contributed by atoms with Crippen LogP contribution in [0.3, 0.4) is 0 Å². The van der Waals surface area contributed by atoms with Crippen LogP contribution in [0.25, 0.3) is 0 Å². The molecule has 0 saturated carbocycles. The van der Waals surface area contributed by atoms with Crippen LogP contribution in [0.4, 0.5) is 0 Å². The van der Waals surface area contributed by atoms with E-state index < -0.39 is 10.0 Å². The first-order valence-corrected chi connectivity index (χ1v) is 9.71. The standard InChI is InChI=1S/C13H17BrCl2N2O2S/c1-8-4-3-5-9(2)18(8)17-21(19,20)13-11(15)6-10(14)7-12(13)16/h6-9,17H,3-5H2,1-2H3. The molecule has 8 heteroatoms. The normalized spacial score (nSPS) is 24.2. The topological polar surface area (TPSA) is 49.4 Å². The molecule has 0 spiro atoms. The molecule has 1 saturated heterocycles. The maximum absolute atomic E-state index is 12.6. The summed E-state index contributed by atoms with van der Waals surface area (Å²) in [6.07, 6.45) is 3.00. The second-order valence-electron chi connectivity index (χ2n) is 5.33. The zero-order valence-corrected chi connectivity index (χ0v) is 15.7. The number of nitrogens with zero attached hydrogens (tertiary/aromatic N) is 1. The number of hydrogen-bond donors (Lipinski definition) is 1. The van der Waals surface area contributed by atoms with Crippen molar-refractivity contribution in [2.75, 3.05) is 0 Å². The SMILES string of the molecule is CC1CCCC(C)N1NS(=O)(=O)c1c(Cl)cc(Br)cc1Cl. The summed E-state index contributed by atoms with van der Waals surface area (Å²) in [5.41, 5.74) is 0. The van der Waals surface area contributed by atoms with E-state index in [4.69, 9.17) is 23.2 Å². The minimum absolute atomic E-state index is 0.0843. The second-order valence-corrected chi connectivity index (χ2v) is 8.66. The average molecular weight is 416 g/mol. The molecule has 1 fully saturated rings. The summed E-state index contributed by atoms with van der Waals surface area (Å²) in [6, 6.07) is 3.31. The van der Waals surface area contributed by atoms with Gasteiger partial charge in [-0.25, -0.2) is 13.4 Å². The molecule has 0 amide bonds. The van der Waals surface area contributed by atoms with Crippen LogP contribution in [0.15, 0.2) is 21.5 Å². The fourth-order valence-corrected chi connectivity index (χ4v) is 5.75. The van der Waals surface area contributed by atoms with Crippen molar-refractivity contribution in [1.29, 1.82) is 0 Å². The molecule has 0 aromatic heterocycles. The van der Waals surface area contributed by atoms with Gasteiger partial charge >= 0.3 is 0 Å². The average Bonchev–Trinajstić information content (AvgIpc) is 2.32. The molecule has 4 nitrogen and oxygen atoms in total. The predicted molar refractivity (Wildman–Crippen MR) is 89.1 cm³/mol. The first-order valence-electron chi connectivity index (χ1n) is 6.67. The Labute approximate surface area is 143 Å². The van der Waals surface area contributed by atoms with Gasteiger partial charge in [0.2, 0.25) is 0 Å². The lowest BCUT2D eigenvalue weighted by Crippen LogP contribution is -2.54. The highest BCUT2D eigenvalue weighted by Gasteiger charge is 2.31. The van der Waals surface area contributed by atoms with Crippen molar-refractivity contribution in [3.05, 3.63) is 26.7 Å². The molecule has 1 aliphatic heterocycles. The van der Waals surface area contributed by atoms with E-state index in [0.29, 0.717) is 4.47 Å². The summed E-state index contributed by atoms with van der Waals surface area (Å²) >= 11 is 15.4. The Balaban J connectivity index is 2.35. The Bertz CT molecular complexity index is 606. The van der Waals surface area contributed by atoms with Crippen LogP contribution < -0.4 is 4.83 Å². The van der Waals surface area contributed by atoms with Crippen molar-refractivity contribution in [1.82, 2.24) is 9.84 Å². The van der Waals surface area contributed by atoms with Crippen LogP contribution in [-0.4, -0.2) is 25.5 Å². The highest BCUT2D eigenvalue weighted by Crippen LogP contribution is 2.33. The molecular formula is C13H17BrCl2N2O2S. The summed E-state index contributed by atoms with van der Waals surface area (Å²) in [5, 5.41) is 1.96. The summed E-state index contributed by atoms with van der Waals surface area (Å²) in [7, 11) is -3.81. The number of sulfonamides is 1. The Morgan fingerprint density at radius 2 is 1.67 bits per heavy atom. The van der Waals surface area contributed by atoms with Crippen LogP contribution >= 0.6 is 39.1 Å². The van der Waals surface area contributed by atoms with Crippen LogP contribution in [0.1, 0.15) is 33.1 Å². The van der Waals surface area contributed by atoms with Crippen LogP contribution in [0.2, 0.25) is 10.0 Å². The fourth-order valence-electron chi connectivity index (χ4n) is 2.57. The van der Waals surface area contributed by atoms with E-state index in [1.165, 1.54) is 12.1 Å².